The summed E-state index contributed by atoms with van der Waals surface area (Å²) in [5.74, 6) is 1.95. The zero-order valence-corrected chi connectivity index (χ0v) is 11.7. The Morgan fingerprint density at radius 2 is 2.19 bits per heavy atom. The Labute approximate surface area is 110 Å². The molecule has 1 rings (SSSR count). The van der Waals surface area contributed by atoms with Gasteiger partial charge in [-0.15, -0.1) is 0 Å². The summed E-state index contributed by atoms with van der Waals surface area (Å²) in [6, 6.07) is 4.69. The van der Waals surface area contributed by atoms with Crippen LogP contribution in [0.15, 0.2) is 22.7 Å². The van der Waals surface area contributed by atoms with Gasteiger partial charge in [0.05, 0.1) is 11.1 Å². The zero-order chi connectivity index (χ0) is 12.0. The fourth-order valence-corrected chi connectivity index (χ4v) is 2.11. The Hall–Kier alpha value is -0.220. The first-order valence-electron chi connectivity index (χ1n) is 5.32. The zero-order valence-electron chi connectivity index (χ0n) is 9.25. The molecule has 1 atom stereocenters. The van der Waals surface area contributed by atoms with Crippen LogP contribution < -0.4 is 4.74 Å². The van der Waals surface area contributed by atoms with Crippen LogP contribution in [0.3, 0.4) is 0 Å². The van der Waals surface area contributed by atoms with Crippen LogP contribution in [0, 0.1) is 11.7 Å². The molecule has 0 fully saturated rings. The first-order valence-corrected chi connectivity index (χ1v) is 6.74. The van der Waals surface area contributed by atoms with Gasteiger partial charge in [0.2, 0.25) is 0 Å². The molecule has 0 aliphatic rings. The van der Waals surface area contributed by atoms with E-state index in [-0.39, 0.29) is 5.82 Å². The molecule has 90 valence electrons. The average Bonchev–Trinajstić information content (AvgIpc) is 2.24. The van der Waals surface area contributed by atoms with Gasteiger partial charge in [-0.3, -0.25) is 0 Å². The maximum Gasteiger partial charge on any atom is 0.137 e. The van der Waals surface area contributed by atoms with E-state index >= 15 is 0 Å². The van der Waals surface area contributed by atoms with Crippen LogP contribution in [0.1, 0.15) is 19.8 Å². The molecule has 4 heteroatoms. The molecule has 0 spiro atoms. The Morgan fingerprint density at radius 1 is 1.44 bits per heavy atom. The Balaban J connectivity index is 2.34. The molecule has 0 saturated carbocycles. The van der Waals surface area contributed by atoms with E-state index in [1.807, 2.05) is 0 Å². The van der Waals surface area contributed by atoms with Crippen molar-refractivity contribution in [2.45, 2.75) is 19.8 Å². The van der Waals surface area contributed by atoms with Gasteiger partial charge < -0.3 is 4.74 Å². The Kier molecular flexibility index (Phi) is 6.21. The van der Waals surface area contributed by atoms with Gasteiger partial charge in [-0.1, -0.05) is 6.92 Å². The first-order chi connectivity index (χ1) is 7.63. The highest BCUT2D eigenvalue weighted by atomic mass is 79.9. The molecule has 16 heavy (non-hydrogen) atoms. The van der Waals surface area contributed by atoms with Crippen molar-refractivity contribution in [3.63, 3.8) is 0 Å². The summed E-state index contributed by atoms with van der Waals surface area (Å²) in [6.45, 7) is 2.84. The van der Waals surface area contributed by atoms with E-state index in [0.717, 1.165) is 18.6 Å². The molecule has 0 radical (unpaired) electrons. The van der Waals surface area contributed by atoms with Crippen LogP contribution in [0.2, 0.25) is 0 Å². The number of halogens is 2. The van der Waals surface area contributed by atoms with Gasteiger partial charge in [-0.2, -0.15) is 12.6 Å². The molecule has 1 aromatic carbocycles. The van der Waals surface area contributed by atoms with E-state index in [1.54, 1.807) is 12.1 Å². The lowest BCUT2D eigenvalue weighted by Crippen LogP contribution is -2.04. The molecular formula is C12H16BrFOS. The molecule has 1 nitrogen and oxygen atoms in total. The highest BCUT2D eigenvalue weighted by Gasteiger charge is 2.03. The van der Waals surface area contributed by atoms with Crippen molar-refractivity contribution in [2.24, 2.45) is 5.92 Å². The average molecular weight is 307 g/mol. The van der Waals surface area contributed by atoms with Crippen molar-refractivity contribution in [1.29, 1.82) is 0 Å². The number of ether oxygens (including phenoxy) is 1. The van der Waals surface area contributed by atoms with Crippen molar-refractivity contribution in [1.82, 2.24) is 0 Å². The lowest BCUT2D eigenvalue weighted by Gasteiger charge is -2.11. The Morgan fingerprint density at radius 3 is 2.81 bits per heavy atom. The largest absolute Gasteiger partial charge is 0.494 e. The molecule has 1 unspecified atom stereocenters. The van der Waals surface area contributed by atoms with Crippen LogP contribution in [0.4, 0.5) is 4.39 Å². The minimum atomic E-state index is -0.268. The van der Waals surface area contributed by atoms with Gasteiger partial charge in [-0.05, 0) is 58.6 Å². The monoisotopic (exact) mass is 306 g/mol. The van der Waals surface area contributed by atoms with E-state index in [0.29, 0.717) is 22.7 Å². The number of thiol groups is 1. The second-order valence-electron chi connectivity index (χ2n) is 3.83. The molecule has 0 aromatic heterocycles. The summed E-state index contributed by atoms with van der Waals surface area (Å²) in [4.78, 5) is 0. The normalized spacial score (nSPS) is 12.5. The lowest BCUT2D eigenvalue weighted by molar-refractivity contribution is 0.281. The van der Waals surface area contributed by atoms with Crippen molar-refractivity contribution < 1.29 is 9.13 Å². The molecule has 0 saturated heterocycles. The van der Waals surface area contributed by atoms with E-state index < -0.39 is 0 Å². The summed E-state index contributed by atoms with van der Waals surface area (Å²) in [5.41, 5.74) is 0. The highest BCUT2D eigenvalue weighted by molar-refractivity contribution is 9.10. The minimum absolute atomic E-state index is 0.268. The van der Waals surface area contributed by atoms with Gasteiger partial charge in [0, 0.05) is 0 Å². The van der Waals surface area contributed by atoms with Crippen molar-refractivity contribution >= 4 is 28.6 Å². The quantitative estimate of drug-likeness (QED) is 0.770. The second-order valence-corrected chi connectivity index (χ2v) is 5.13. The fourth-order valence-electron chi connectivity index (χ4n) is 1.31. The van der Waals surface area contributed by atoms with E-state index in [9.17, 15) is 4.39 Å². The van der Waals surface area contributed by atoms with Crippen LogP contribution in [0.25, 0.3) is 0 Å². The molecule has 1 aromatic rings. The SMILES string of the molecule is CC(CCS)CCOc1ccc(F)c(Br)c1. The summed E-state index contributed by atoms with van der Waals surface area (Å²) >= 11 is 7.31. The summed E-state index contributed by atoms with van der Waals surface area (Å²) < 4.78 is 18.9. The van der Waals surface area contributed by atoms with Crippen LogP contribution in [0.5, 0.6) is 5.75 Å². The molecule has 0 bridgehead atoms. The maximum absolute atomic E-state index is 12.9. The van der Waals surface area contributed by atoms with Gasteiger partial charge in [0.25, 0.3) is 0 Å². The van der Waals surface area contributed by atoms with Crippen molar-refractivity contribution in [3.8, 4) is 5.75 Å². The maximum atomic E-state index is 12.9. The molecular weight excluding hydrogens is 291 g/mol. The van der Waals surface area contributed by atoms with Crippen molar-refractivity contribution in [3.05, 3.63) is 28.5 Å². The van der Waals surface area contributed by atoms with Crippen LogP contribution in [-0.2, 0) is 0 Å². The summed E-state index contributed by atoms with van der Waals surface area (Å²) in [5, 5.41) is 0. The summed E-state index contributed by atoms with van der Waals surface area (Å²) in [6.07, 6.45) is 2.09. The summed E-state index contributed by atoms with van der Waals surface area (Å²) in [7, 11) is 0. The third-order valence-corrected chi connectivity index (χ3v) is 3.26. The molecule has 0 aliphatic carbocycles. The molecule has 0 N–H and O–H groups in total. The minimum Gasteiger partial charge on any atom is -0.494 e. The lowest BCUT2D eigenvalue weighted by atomic mass is 10.1. The van der Waals surface area contributed by atoms with Crippen LogP contribution >= 0.6 is 28.6 Å². The number of hydrogen-bond donors (Lipinski definition) is 1. The predicted molar refractivity (Wildman–Crippen MR) is 71.8 cm³/mol. The van der Waals surface area contributed by atoms with Crippen LogP contribution in [-0.4, -0.2) is 12.4 Å². The van der Waals surface area contributed by atoms with E-state index in [4.69, 9.17) is 4.74 Å². The van der Waals surface area contributed by atoms with E-state index in [1.165, 1.54) is 6.07 Å². The van der Waals surface area contributed by atoms with Gasteiger partial charge in [0.15, 0.2) is 0 Å². The number of hydrogen-bond acceptors (Lipinski definition) is 2. The number of benzene rings is 1. The third-order valence-electron chi connectivity index (χ3n) is 2.39. The standard InChI is InChI=1S/C12H16BrFOS/c1-9(5-7-16)4-6-15-10-2-3-12(14)11(13)8-10/h2-3,8-9,16H,4-7H2,1H3. The third kappa shape index (κ3) is 4.74. The fraction of sp³-hybridized carbons (Fsp3) is 0.500. The topological polar surface area (TPSA) is 9.23 Å². The molecule has 0 heterocycles. The highest BCUT2D eigenvalue weighted by Crippen LogP contribution is 2.22. The van der Waals surface area contributed by atoms with Gasteiger partial charge in [0.1, 0.15) is 11.6 Å². The second kappa shape index (κ2) is 7.17. The first kappa shape index (κ1) is 13.8. The Bertz CT molecular complexity index is 333. The molecule has 0 aliphatic heterocycles. The van der Waals surface area contributed by atoms with Gasteiger partial charge in [-0.25, -0.2) is 4.39 Å². The number of rotatable bonds is 6. The predicted octanol–water partition coefficient (Wildman–Crippen LogP) is 4.31. The smallest absolute Gasteiger partial charge is 0.137 e. The van der Waals surface area contributed by atoms with Crippen molar-refractivity contribution in [2.75, 3.05) is 12.4 Å². The molecule has 0 amide bonds. The van der Waals surface area contributed by atoms with E-state index in [2.05, 4.69) is 35.5 Å². The van der Waals surface area contributed by atoms with Gasteiger partial charge >= 0.3 is 0 Å².